The molecule has 0 fully saturated rings. The van der Waals surface area contributed by atoms with Gasteiger partial charge in [-0.3, -0.25) is 4.55 Å². The van der Waals surface area contributed by atoms with Gasteiger partial charge < -0.3 is 46.3 Å². The number of carbonyl (C=O) groups is 1. The van der Waals surface area contributed by atoms with Crippen LogP contribution in [0.3, 0.4) is 0 Å². The van der Waals surface area contributed by atoms with Crippen LogP contribution < -0.4 is 36.5 Å². The second-order valence-corrected chi connectivity index (χ2v) is 21.2. The summed E-state index contributed by atoms with van der Waals surface area (Å²) in [6.45, 7) is 16.5. The van der Waals surface area contributed by atoms with E-state index in [1.54, 1.807) is 85.1 Å². The molecule has 8 N–H and O–H groups in total. The summed E-state index contributed by atoms with van der Waals surface area (Å²) in [6.07, 6.45) is 3.51. The number of phenols is 1. The molecule has 0 atom stereocenters. The average molecular weight is 1070 g/mol. The number of fused-ring (bicyclic) bond motifs is 3. The summed E-state index contributed by atoms with van der Waals surface area (Å²) in [5.41, 5.74) is 9.22. The van der Waals surface area contributed by atoms with Crippen LogP contribution in [-0.4, -0.2) is 90.7 Å². The Morgan fingerprint density at radius 1 is 0.694 bits per heavy atom. The van der Waals surface area contributed by atoms with Crippen LogP contribution in [0.5, 0.6) is 17.2 Å². The number of aryl methyl sites for hydroxylation is 1. The number of nitrogens with one attached hydrogen (secondary N) is 4. The number of aromatic nitrogens is 3. The zero-order chi connectivity index (χ0) is 52.7. The fourth-order valence-electron chi connectivity index (χ4n) is 5.64. The number of hydrogen-bond acceptors (Lipinski definition) is 17. The van der Waals surface area contributed by atoms with E-state index >= 15 is 0 Å². The monoisotopic (exact) mass is 1070 g/mol. The van der Waals surface area contributed by atoms with E-state index in [0.717, 1.165) is 90.5 Å². The number of amides is 1. The molecule has 4 aromatic carbocycles. The molecule has 1 amide bonds. The zero-order valence-corrected chi connectivity index (χ0v) is 44.6. The third-order valence-corrected chi connectivity index (χ3v) is 13.1. The van der Waals surface area contributed by atoms with Crippen molar-refractivity contribution in [2.24, 2.45) is 5.73 Å². The van der Waals surface area contributed by atoms with Crippen molar-refractivity contribution in [3.8, 4) is 17.2 Å². The first-order chi connectivity index (χ1) is 34.4. The molecule has 3 aromatic heterocycles. The fraction of sp³-hybridized carbons (Fsp3) is 0.360. The van der Waals surface area contributed by atoms with Crippen molar-refractivity contribution in [2.45, 2.75) is 78.2 Å². The maximum absolute atomic E-state index is 13.1. The Balaban J connectivity index is 0.000000220. The maximum Gasteiger partial charge on any atom is 0.407 e. The lowest BCUT2D eigenvalue weighted by atomic mass is 10.2. The third-order valence-electron chi connectivity index (χ3n) is 9.27. The van der Waals surface area contributed by atoms with Gasteiger partial charge in [0.25, 0.3) is 10.1 Å². The van der Waals surface area contributed by atoms with E-state index in [1.807, 2.05) is 43.3 Å². The van der Waals surface area contributed by atoms with Crippen LogP contribution in [0.1, 0.15) is 66.4 Å². The average Bonchev–Trinajstić information content (AvgIpc) is 4.08. The molecule has 16 nitrogen and oxygen atoms in total. The Hall–Kier alpha value is -6.17. The summed E-state index contributed by atoms with van der Waals surface area (Å²) in [5, 5.41) is 24.2. The highest BCUT2D eigenvalue weighted by Crippen LogP contribution is 2.31. The number of phenolic OH excluding ortho intramolecular Hbond substituents is 1. The Kier molecular flexibility index (Phi) is 23.8. The third kappa shape index (κ3) is 20.5. The molecular formula is C50H64F2N8O8S4. The number of hydrogen-bond donors (Lipinski definition) is 7. The van der Waals surface area contributed by atoms with E-state index in [0.29, 0.717) is 41.1 Å². The van der Waals surface area contributed by atoms with Gasteiger partial charge >= 0.3 is 6.09 Å². The molecule has 22 heteroatoms. The highest BCUT2D eigenvalue weighted by Gasteiger charge is 2.16. The molecule has 0 saturated carbocycles. The van der Waals surface area contributed by atoms with E-state index < -0.39 is 21.8 Å². The number of halogens is 2. The standard InChI is InChI=1S/C19H26FN3O3S.C14H18FN3OS.C10H12N2OS.C7H8O3S/c1-5-8-21-17-23-15-7-6-14(9-16(15)27-17)25-12-13(10-20)11-22-18(24)26-19(2,3)4;1-2-5-17-14-18-12-4-3-11(6-13(12)20-14)19-9-10(7-15)8-16;1-2-5-11-10-12-8-4-3-7(13)6-9(8)14-10;1-6-2-4-7(5-3-6)11(8,9)10/h6-7,9-10H,5,8,11-12H2,1-4H3,(H,21,23)(H,22,24);3-4,6-7H,2,5,8-9,16H2,1H3,(H,17,18);3-4,6,13H,2,5H2,1H3,(H,11,12);2-5H,1H3,(H,8,9,10)/b13-10-;10-7-;;. The Bertz CT molecular complexity index is 2960. The topological polar surface area (TPSA) is 232 Å². The van der Waals surface area contributed by atoms with Crippen LogP contribution in [-0.2, 0) is 14.9 Å². The molecule has 0 spiro atoms. The Morgan fingerprint density at radius 2 is 1.12 bits per heavy atom. The minimum Gasteiger partial charge on any atom is -0.508 e. The molecule has 0 bridgehead atoms. The quantitative estimate of drug-likeness (QED) is 0.0373. The minimum atomic E-state index is -4.02. The van der Waals surface area contributed by atoms with Gasteiger partial charge in [-0.05, 0) is 114 Å². The lowest BCUT2D eigenvalue weighted by molar-refractivity contribution is 0.0531. The van der Waals surface area contributed by atoms with E-state index in [-0.39, 0.29) is 31.2 Å². The number of nitrogens with two attached hydrogens (primary N) is 1. The largest absolute Gasteiger partial charge is 0.508 e. The van der Waals surface area contributed by atoms with E-state index in [9.17, 15) is 27.1 Å². The normalized spacial score (nSPS) is 11.7. The van der Waals surface area contributed by atoms with Crippen LogP contribution in [0.4, 0.5) is 29.0 Å². The second kappa shape index (κ2) is 29.4. The fourth-order valence-corrected chi connectivity index (χ4v) is 8.89. The molecule has 7 rings (SSSR count). The van der Waals surface area contributed by atoms with Crippen molar-refractivity contribution in [1.82, 2.24) is 20.3 Å². The number of rotatable bonds is 19. The second-order valence-electron chi connectivity index (χ2n) is 16.7. The van der Waals surface area contributed by atoms with Gasteiger partial charge in [-0.25, -0.2) is 28.5 Å². The summed E-state index contributed by atoms with van der Waals surface area (Å²) in [4.78, 5) is 24.9. The summed E-state index contributed by atoms with van der Waals surface area (Å²) in [7, 11) is -4.02. The highest BCUT2D eigenvalue weighted by molar-refractivity contribution is 7.85. The van der Waals surface area contributed by atoms with Gasteiger partial charge in [0.05, 0.1) is 48.2 Å². The Morgan fingerprint density at radius 3 is 1.53 bits per heavy atom. The van der Waals surface area contributed by atoms with Gasteiger partial charge in [0.15, 0.2) is 15.4 Å². The first-order valence-corrected chi connectivity index (χ1v) is 26.9. The van der Waals surface area contributed by atoms with Crippen LogP contribution in [0, 0.1) is 6.92 Å². The number of thiazole rings is 3. The molecule has 3 heterocycles. The van der Waals surface area contributed by atoms with Crippen LogP contribution >= 0.6 is 34.0 Å². The number of benzene rings is 4. The molecule has 0 aliphatic rings. The van der Waals surface area contributed by atoms with Gasteiger partial charge in [-0.2, -0.15) is 8.42 Å². The first kappa shape index (κ1) is 58.4. The van der Waals surface area contributed by atoms with E-state index in [2.05, 4.69) is 57.0 Å². The smallest absolute Gasteiger partial charge is 0.407 e. The van der Waals surface area contributed by atoms with E-state index in [4.69, 9.17) is 24.5 Å². The van der Waals surface area contributed by atoms with Gasteiger partial charge in [0.1, 0.15) is 36.1 Å². The molecule has 7 aromatic rings. The SMILES string of the molecule is CCCNc1nc2ccc(O)cc2s1.CCCNc1nc2ccc(OC/C(=C\F)CN)cc2s1.CCCNc1nc2ccc(OC/C(=C\F)CNC(=O)OC(C)(C)C)cc2s1.Cc1ccc(S(=O)(=O)O)cc1. The minimum absolute atomic E-state index is 0.0132. The van der Waals surface area contributed by atoms with Gasteiger partial charge in [-0.1, -0.05) is 72.5 Å². The molecular weight excluding hydrogens is 1010 g/mol. The number of alkyl carbamates (subject to hydrolysis) is 1. The van der Waals surface area contributed by atoms with Crippen molar-refractivity contribution < 1.29 is 45.9 Å². The van der Waals surface area contributed by atoms with Crippen molar-refractivity contribution in [2.75, 3.05) is 61.9 Å². The summed E-state index contributed by atoms with van der Waals surface area (Å²) < 4.78 is 74.4. The van der Waals surface area contributed by atoms with Gasteiger partial charge in [0.2, 0.25) is 0 Å². The lowest BCUT2D eigenvalue weighted by Gasteiger charge is -2.20. The van der Waals surface area contributed by atoms with E-state index in [1.165, 1.54) is 12.1 Å². The molecule has 0 saturated heterocycles. The number of anilines is 3. The van der Waals surface area contributed by atoms with Gasteiger partial charge in [0, 0.05) is 43.9 Å². The molecule has 0 radical (unpaired) electrons. The number of carbonyl (C=O) groups excluding carboxylic acids is 1. The van der Waals surface area contributed by atoms with Crippen molar-refractivity contribution in [1.29, 1.82) is 0 Å². The first-order valence-electron chi connectivity index (χ1n) is 23.0. The summed E-state index contributed by atoms with van der Waals surface area (Å²) in [6, 6.07) is 22.4. The zero-order valence-electron chi connectivity index (χ0n) is 41.4. The van der Waals surface area contributed by atoms with Crippen LogP contribution in [0.2, 0.25) is 0 Å². The van der Waals surface area contributed by atoms with Gasteiger partial charge in [-0.15, -0.1) is 0 Å². The number of aromatic hydroxyl groups is 1. The predicted molar refractivity (Wildman–Crippen MR) is 291 cm³/mol. The van der Waals surface area contributed by atoms with Crippen molar-refractivity contribution in [3.63, 3.8) is 0 Å². The summed E-state index contributed by atoms with van der Waals surface area (Å²) in [5.74, 6) is 1.60. The molecule has 390 valence electrons. The molecule has 0 unspecified atom stereocenters. The van der Waals surface area contributed by atoms with Crippen molar-refractivity contribution >= 4 is 96.3 Å². The number of nitrogens with zero attached hydrogens (tertiary/aromatic N) is 3. The van der Waals surface area contributed by atoms with Crippen LogP contribution in [0.25, 0.3) is 30.6 Å². The maximum atomic E-state index is 13.1. The molecule has 72 heavy (non-hydrogen) atoms. The van der Waals surface area contributed by atoms with Crippen molar-refractivity contribution in [3.05, 3.63) is 108 Å². The highest BCUT2D eigenvalue weighted by atomic mass is 32.2. The summed E-state index contributed by atoms with van der Waals surface area (Å²) >= 11 is 4.70. The number of ether oxygens (including phenoxy) is 3. The Labute approximate surface area is 431 Å². The molecule has 0 aliphatic heterocycles. The predicted octanol–water partition coefficient (Wildman–Crippen LogP) is 12.2. The molecule has 0 aliphatic carbocycles. The van der Waals surface area contributed by atoms with Crippen LogP contribution in [0.15, 0.2) is 108 Å². The lowest BCUT2D eigenvalue weighted by Crippen LogP contribution is -2.34.